The van der Waals surface area contributed by atoms with E-state index in [9.17, 15) is 30.8 Å². The van der Waals surface area contributed by atoms with Crippen molar-refractivity contribution in [3.8, 4) is 11.5 Å². The van der Waals surface area contributed by atoms with Gasteiger partial charge in [0.25, 0.3) is 9.84 Å². The number of Topliss-reactive ketones (excluding diaryl/α,β-unsaturated/α-hetero) is 1. The predicted molar refractivity (Wildman–Crippen MR) is 78.8 cm³/mol. The first kappa shape index (κ1) is 17.4. The minimum Gasteiger partial charge on any atom is -0.456 e. The first-order chi connectivity index (χ1) is 11.6. The molecule has 132 valence electrons. The van der Waals surface area contributed by atoms with E-state index < -0.39 is 31.8 Å². The van der Waals surface area contributed by atoms with Crippen LogP contribution in [0.3, 0.4) is 0 Å². The number of fused-ring (bicyclic) bond motifs is 1. The molecule has 0 atom stereocenters. The molecule has 0 unspecified atom stereocenters. The molecule has 0 radical (unpaired) electrons. The number of alkyl halides is 3. The maximum absolute atomic E-state index is 13.3. The highest BCUT2D eigenvalue weighted by molar-refractivity contribution is 7.92. The molecule has 2 aromatic rings. The maximum atomic E-state index is 13.3. The van der Waals surface area contributed by atoms with Crippen molar-refractivity contribution < 1.29 is 35.5 Å². The average Bonchev–Trinajstić information content (AvgIpc) is 2.89. The van der Waals surface area contributed by atoms with Crippen LogP contribution in [0, 0.1) is 5.82 Å². The highest BCUT2D eigenvalue weighted by atomic mass is 32.2. The zero-order valence-electron chi connectivity index (χ0n) is 12.4. The first-order valence-electron chi connectivity index (χ1n) is 7.04. The van der Waals surface area contributed by atoms with Crippen LogP contribution in [0.5, 0.6) is 11.5 Å². The number of ether oxygens (including phenoxy) is 1. The van der Waals surface area contributed by atoms with Gasteiger partial charge < -0.3 is 4.74 Å². The summed E-state index contributed by atoms with van der Waals surface area (Å²) in [4.78, 5) is 10.3. The van der Waals surface area contributed by atoms with Crippen molar-refractivity contribution in [2.45, 2.75) is 23.2 Å². The summed E-state index contributed by atoms with van der Waals surface area (Å²) in [5.41, 5.74) is -4.44. The molecule has 1 aliphatic rings. The highest BCUT2D eigenvalue weighted by Crippen LogP contribution is 2.38. The van der Waals surface area contributed by atoms with Crippen molar-refractivity contribution >= 4 is 15.6 Å². The van der Waals surface area contributed by atoms with Gasteiger partial charge in [0.05, 0.1) is 0 Å². The van der Waals surface area contributed by atoms with Crippen molar-refractivity contribution in [3.05, 3.63) is 53.3 Å². The van der Waals surface area contributed by atoms with Crippen LogP contribution in [0.1, 0.15) is 22.3 Å². The third kappa shape index (κ3) is 3.11. The minimum absolute atomic E-state index is 0.0522. The standard InChI is InChI=1S/C16H10F4O4S/c17-10-2-6-14(15(8-10)25(22,23)16(18,19)20)24-11-3-4-12-9(7-11)1-5-13(12)21/h2-4,6-8H,1,5H2. The third-order valence-electron chi connectivity index (χ3n) is 3.73. The summed E-state index contributed by atoms with van der Waals surface area (Å²) in [6.07, 6.45) is 0.783. The molecule has 4 nitrogen and oxygen atoms in total. The summed E-state index contributed by atoms with van der Waals surface area (Å²) < 4.78 is 80.2. The lowest BCUT2D eigenvalue weighted by atomic mass is 10.1. The summed E-state index contributed by atoms with van der Waals surface area (Å²) in [6, 6.07) is 6.12. The molecule has 1 aliphatic carbocycles. The molecule has 0 saturated carbocycles. The van der Waals surface area contributed by atoms with Gasteiger partial charge in [-0.2, -0.15) is 13.2 Å². The van der Waals surface area contributed by atoms with Gasteiger partial charge in [0, 0.05) is 12.0 Å². The number of halogens is 4. The molecule has 0 aromatic heterocycles. The van der Waals surface area contributed by atoms with Crippen LogP contribution in [-0.4, -0.2) is 19.7 Å². The summed E-state index contributed by atoms with van der Waals surface area (Å²) in [5.74, 6) is -1.79. The lowest BCUT2D eigenvalue weighted by molar-refractivity contribution is -0.0437. The van der Waals surface area contributed by atoms with Crippen molar-refractivity contribution in [3.63, 3.8) is 0 Å². The van der Waals surface area contributed by atoms with Crippen LogP contribution < -0.4 is 4.74 Å². The van der Waals surface area contributed by atoms with Gasteiger partial charge in [0.15, 0.2) is 5.78 Å². The second kappa shape index (κ2) is 5.83. The number of aryl methyl sites for hydroxylation is 1. The third-order valence-corrected chi connectivity index (χ3v) is 5.23. The Morgan fingerprint density at radius 2 is 1.72 bits per heavy atom. The van der Waals surface area contributed by atoms with Gasteiger partial charge in [0.2, 0.25) is 0 Å². The van der Waals surface area contributed by atoms with Crippen LogP contribution in [0.15, 0.2) is 41.3 Å². The Morgan fingerprint density at radius 3 is 2.40 bits per heavy atom. The van der Waals surface area contributed by atoms with Crippen LogP contribution in [0.2, 0.25) is 0 Å². The molecule has 0 spiro atoms. The summed E-state index contributed by atoms with van der Waals surface area (Å²) >= 11 is 0. The van der Waals surface area contributed by atoms with Crippen molar-refractivity contribution in [2.75, 3.05) is 0 Å². The van der Waals surface area contributed by atoms with E-state index in [2.05, 4.69) is 0 Å². The Bertz CT molecular complexity index is 965. The van der Waals surface area contributed by atoms with Gasteiger partial charge in [-0.15, -0.1) is 0 Å². The summed E-state index contributed by atoms with van der Waals surface area (Å²) in [7, 11) is -5.79. The molecular weight excluding hydrogens is 364 g/mol. The minimum atomic E-state index is -5.79. The molecule has 0 fully saturated rings. The normalized spacial score (nSPS) is 14.5. The SMILES string of the molecule is O=C1CCc2cc(Oc3ccc(F)cc3S(=O)(=O)C(F)(F)F)ccc21. The number of hydrogen-bond donors (Lipinski definition) is 0. The Balaban J connectivity index is 2.03. The van der Waals surface area contributed by atoms with Gasteiger partial charge in [-0.05, 0) is 48.4 Å². The Kier molecular flexibility index (Phi) is 4.06. The lowest BCUT2D eigenvalue weighted by Gasteiger charge is -2.14. The monoisotopic (exact) mass is 374 g/mol. The first-order valence-corrected chi connectivity index (χ1v) is 8.53. The number of sulfone groups is 1. The van der Waals surface area contributed by atoms with Crippen molar-refractivity contribution in [1.29, 1.82) is 0 Å². The Morgan fingerprint density at radius 1 is 1.00 bits per heavy atom. The molecule has 0 N–H and O–H groups in total. The van der Waals surface area contributed by atoms with Gasteiger partial charge >= 0.3 is 5.51 Å². The van der Waals surface area contributed by atoms with Gasteiger partial charge in [-0.3, -0.25) is 4.79 Å². The topological polar surface area (TPSA) is 60.4 Å². The fourth-order valence-corrected chi connectivity index (χ4v) is 3.41. The second-order valence-corrected chi connectivity index (χ2v) is 7.29. The lowest BCUT2D eigenvalue weighted by Crippen LogP contribution is -2.23. The smallest absolute Gasteiger partial charge is 0.456 e. The van der Waals surface area contributed by atoms with E-state index in [0.717, 1.165) is 12.1 Å². The van der Waals surface area contributed by atoms with Gasteiger partial charge in [-0.1, -0.05) is 0 Å². The van der Waals surface area contributed by atoms with Gasteiger partial charge in [-0.25, -0.2) is 12.8 Å². The average molecular weight is 374 g/mol. The fourth-order valence-electron chi connectivity index (χ4n) is 2.52. The molecule has 9 heteroatoms. The van der Waals surface area contributed by atoms with Crippen molar-refractivity contribution in [2.24, 2.45) is 0 Å². The van der Waals surface area contributed by atoms with E-state index in [1.807, 2.05) is 0 Å². The zero-order valence-corrected chi connectivity index (χ0v) is 13.2. The second-order valence-electron chi connectivity index (χ2n) is 5.38. The zero-order chi connectivity index (χ0) is 18.4. The highest BCUT2D eigenvalue weighted by Gasteiger charge is 2.48. The summed E-state index contributed by atoms with van der Waals surface area (Å²) in [5, 5.41) is 0. The Hall–Kier alpha value is -2.42. The van der Waals surface area contributed by atoms with E-state index in [0.29, 0.717) is 24.0 Å². The van der Waals surface area contributed by atoms with E-state index in [1.54, 1.807) is 0 Å². The van der Waals surface area contributed by atoms with Crippen LogP contribution in [-0.2, 0) is 16.3 Å². The van der Waals surface area contributed by atoms with Crippen LogP contribution in [0.25, 0.3) is 0 Å². The molecule has 25 heavy (non-hydrogen) atoms. The fraction of sp³-hybridized carbons (Fsp3) is 0.188. The maximum Gasteiger partial charge on any atom is 0.502 e. The molecule has 0 amide bonds. The Labute approximate surface area is 140 Å². The predicted octanol–water partition coefficient (Wildman–Crippen LogP) is 4.04. The molecule has 0 heterocycles. The van der Waals surface area contributed by atoms with E-state index in [4.69, 9.17) is 4.74 Å². The van der Waals surface area contributed by atoms with Gasteiger partial charge in [0.1, 0.15) is 22.2 Å². The quantitative estimate of drug-likeness (QED) is 0.761. The molecule has 0 bridgehead atoms. The van der Waals surface area contributed by atoms with E-state index in [-0.39, 0.29) is 17.6 Å². The number of hydrogen-bond acceptors (Lipinski definition) is 4. The molecule has 3 rings (SSSR count). The molecule has 2 aromatic carbocycles. The molecule has 0 aliphatic heterocycles. The number of ketones is 1. The van der Waals surface area contributed by atoms with Crippen LogP contribution >= 0.6 is 0 Å². The number of carbonyl (C=O) groups is 1. The van der Waals surface area contributed by atoms with Crippen LogP contribution in [0.4, 0.5) is 17.6 Å². The van der Waals surface area contributed by atoms with E-state index >= 15 is 0 Å². The molecular formula is C16H10F4O4S. The summed E-state index contributed by atoms with van der Waals surface area (Å²) in [6.45, 7) is 0. The largest absolute Gasteiger partial charge is 0.502 e. The van der Waals surface area contributed by atoms with E-state index in [1.165, 1.54) is 18.2 Å². The number of carbonyl (C=O) groups excluding carboxylic acids is 1. The number of rotatable bonds is 3. The van der Waals surface area contributed by atoms with Crippen molar-refractivity contribution in [1.82, 2.24) is 0 Å². The number of benzene rings is 2. The molecule has 0 saturated heterocycles.